The second-order valence-corrected chi connectivity index (χ2v) is 3.55. The van der Waals surface area contributed by atoms with Gasteiger partial charge in [0.2, 0.25) is 0 Å². The molecule has 0 atom stereocenters. The van der Waals surface area contributed by atoms with E-state index in [9.17, 15) is 19.7 Å². The summed E-state index contributed by atoms with van der Waals surface area (Å²) >= 11 is 0. The largest absolute Gasteiger partial charge is 0.464 e. The van der Waals surface area contributed by atoms with Gasteiger partial charge in [0.15, 0.2) is 0 Å². The number of carbonyl (C=O) groups is 2. The maximum Gasteiger partial charge on any atom is 0.302 e. The minimum Gasteiger partial charge on any atom is -0.464 e. The number of carbonyl (C=O) groups excluding carboxylic acids is 2. The number of rotatable bonds is 5. The van der Waals surface area contributed by atoms with Gasteiger partial charge in [0.25, 0.3) is 11.6 Å². The van der Waals surface area contributed by atoms with Crippen LogP contribution in [0.4, 0.5) is 5.69 Å². The van der Waals surface area contributed by atoms with E-state index in [-0.39, 0.29) is 24.5 Å². The third kappa shape index (κ3) is 3.58. The maximum absolute atomic E-state index is 11.7. The first-order valence-corrected chi connectivity index (χ1v) is 5.14. The van der Waals surface area contributed by atoms with Gasteiger partial charge in [-0.1, -0.05) is 0 Å². The molecule has 0 aliphatic carbocycles. The number of hydrogen-bond donors (Lipinski definition) is 1. The Morgan fingerprint density at radius 1 is 1.56 bits per heavy atom. The van der Waals surface area contributed by atoms with Crippen LogP contribution in [0, 0.1) is 10.1 Å². The van der Waals surface area contributed by atoms with Gasteiger partial charge in [-0.2, -0.15) is 0 Å². The first-order chi connectivity index (χ1) is 8.41. The first-order valence-electron chi connectivity index (χ1n) is 5.14. The van der Waals surface area contributed by atoms with Crippen LogP contribution in [0.3, 0.4) is 0 Å². The van der Waals surface area contributed by atoms with Crippen LogP contribution in [0.25, 0.3) is 0 Å². The molecule has 0 saturated carbocycles. The summed E-state index contributed by atoms with van der Waals surface area (Å²) in [4.78, 5) is 32.1. The number of esters is 1. The van der Waals surface area contributed by atoms with Gasteiger partial charge in [-0.15, -0.1) is 0 Å². The molecule has 0 aromatic carbocycles. The monoisotopic (exact) mass is 255 g/mol. The van der Waals surface area contributed by atoms with E-state index in [0.29, 0.717) is 0 Å². The topological polar surface area (TPSA) is 103 Å². The van der Waals surface area contributed by atoms with Crippen LogP contribution in [0.15, 0.2) is 12.3 Å². The number of aryl methyl sites for hydroxylation is 1. The highest BCUT2D eigenvalue weighted by atomic mass is 16.6. The van der Waals surface area contributed by atoms with Gasteiger partial charge in [-0.3, -0.25) is 19.7 Å². The van der Waals surface area contributed by atoms with Crippen molar-refractivity contribution in [2.24, 2.45) is 7.05 Å². The van der Waals surface area contributed by atoms with Crippen LogP contribution in [-0.4, -0.2) is 34.5 Å². The predicted octanol–water partition coefficient (Wildman–Crippen LogP) is 0.226. The summed E-state index contributed by atoms with van der Waals surface area (Å²) in [5.74, 6) is -0.892. The SMILES string of the molecule is CC(=O)OCCNC(=O)c1cc([N+](=O)[O-])cn1C. The number of nitrogens with zero attached hydrogens (tertiary/aromatic N) is 2. The molecule has 8 nitrogen and oxygen atoms in total. The Hall–Kier alpha value is -2.38. The third-order valence-corrected chi connectivity index (χ3v) is 2.13. The van der Waals surface area contributed by atoms with Crippen molar-refractivity contribution in [3.8, 4) is 0 Å². The predicted molar refractivity (Wildman–Crippen MR) is 61.0 cm³/mol. The summed E-state index contributed by atoms with van der Waals surface area (Å²) in [5, 5.41) is 13.0. The van der Waals surface area contributed by atoms with E-state index < -0.39 is 16.8 Å². The molecule has 1 heterocycles. The number of amides is 1. The molecule has 0 saturated heterocycles. The average Bonchev–Trinajstić information content (AvgIpc) is 2.66. The van der Waals surface area contributed by atoms with Crippen LogP contribution in [0.2, 0.25) is 0 Å². The van der Waals surface area contributed by atoms with Gasteiger partial charge < -0.3 is 14.6 Å². The molecule has 18 heavy (non-hydrogen) atoms. The number of nitrogens with one attached hydrogen (secondary N) is 1. The van der Waals surface area contributed by atoms with Gasteiger partial charge in [-0.05, 0) is 0 Å². The summed E-state index contributed by atoms with van der Waals surface area (Å²) in [6.07, 6.45) is 1.25. The van der Waals surface area contributed by atoms with Gasteiger partial charge in [0, 0.05) is 20.0 Å². The Kier molecular flexibility index (Phi) is 4.41. The van der Waals surface area contributed by atoms with Gasteiger partial charge in [0.05, 0.1) is 17.7 Å². The van der Waals surface area contributed by atoms with Crippen molar-refractivity contribution < 1.29 is 19.2 Å². The summed E-state index contributed by atoms with van der Waals surface area (Å²) in [5.41, 5.74) is 0.0205. The second kappa shape index (κ2) is 5.80. The second-order valence-electron chi connectivity index (χ2n) is 3.55. The van der Waals surface area contributed by atoms with Crippen LogP contribution in [0.5, 0.6) is 0 Å². The van der Waals surface area contributed by atoms with Crippen LogP contribution < -0.4 is 5.32 Å². The first kappa shape index (κ1) is 13.7. The fourth-order valence-electron chi connectivity index (χ4n) is 1.32. The Morgan fingerprint density at radius 3 is 2.72 bits per heavy atom. The highest BCUT2D eigenvalue weighted by molar-refractivity contribution is 5.93. The molecule has 1 aromatic rings. The van der Waals surface area contributed by atoms with E-state index in [0.717, 1.165) is 0 Å². The zero-order valence-electron chi connectivity index (χ0n) is 10.0. The van der Waals surface area contributed by atoms with Crippen molar-refractivity contribution in [1.82, 2.24) is 9.88 Å². The molecule has 1 N–H and O–H groups in total. The molecule has 98 valence electrons. The Morgan fingerprint density at radius 2 is 2.22 bits per heavy atom. The minimum absolute atomic E-state index is 0.0631. The lowest BCUT2D eigenvalue weighted by Gasteiger charge is -2.05. The number of ether oxygens (including phenoxy) is 1. The number of nitro groups is 1. The van der Waals surface area contributed by atoms with E-state index >= 15 is 0 Å². The van der Waals surface area contributed by atoms with Crippen LogP contribution in [0.1, 0.15) is 17.4 Å². The fourth-order valence-corrected chi connectivity index (χ4v) is 1.32. The highest BCUT2D eigenvalue weighted by Crippen LogP contribution is 2.14. The Balaban J connectivity index is 2.56. The zero-order valence-corrected chi connectivity index (χ0v) is 10.0. The standard InChI is InChI=1S/C10H13N3O5/c1-7(14)18-4-3-11-10(15)9-5-8(13(16)17)6-12(9)2/h5-6H,3-4H2,1-2H3,(H,11,15). The Labute approximate surface area is 103 Å². The molecule has 0 aliphatic rings. The summed E-state index contributed by atoms with van der Waals surface area (Å²) in [6.45, 7) is 1.48. The molecule has 0 unspecified atom stereocenters. The minimum atomic E-state index is -0.574. The zero-order chi connectivity index (χ0) is 13.7. The molecule has 1 aromatic heterocycles. The smallest absolute Gasteiger partial charge is 0.302 e. The molecule has 1 rings (SSSR count). The lowest BCUT2D eigenvalue weighted by molar-refractivity contribution is -0.384. The van der Waals surface area contributed by atoms with Gasteiger partial charge in [0.1, 0.15) is 12.3 Å². The van der Waals surface area contributed by atoms with E-state index in [1.807, 2.05) is 0 Å². The molecule has 0 fully saturated rings. The van der Waals surface area contributed by atoms with E-state index in [1.54, 1.807) is 0 Å². The van der Waals surface area contributed by atoms with Crippen molar-refractivity contribution in [3.63, 3.8) is 0 Å². The molecule has 0 aliphatic heterocycles. The lowest BCUT2D eigenvalue weighted by atomic mass is 10.4. The van der Waals surface area contributed by atoms with Crippen molar-refractivity contribution in [1.29, 1.82) is 0 Å². The fraction of sp³-hybridized carbons (Fsp3) is 0.400. The molecular weight excluding hydrogens is 242 g/mol. The van der Waals surface area contributed by atoms with Gasteiger partial charge in [-0.25, -0.2) is 0 Å². The Bertz CT molecular complexity index is 480. The molecule has 1 amide bonds. The summed E-state index contributed by atoms with van der Waals surface area (Å²) in [7, 11) is 1.54. The summed E-state index contributed by atoms with van der Waals surface area (Å²) in [6, 6.07) is 1.18. The van der Waals surface area contributed by atoms with Crippen molar-refractivity contribution in [3.05, 3.63) is 28.1 Å². The van der Waals surface area contributed by atoms with E-state index in [4.69, 9.17) is 0 Å². The lowest BCUT2D eigenvalue weighted by Crippen LogP contribution is -2.29. The summed E-state index contributed by atoms with van der Waals surface area (Å²) < 4.78 is 5.99. The molecule has 0 radical (unpaired) electrons. The normalized spacial score (nSPS) is 9.89. The number of aromatic nitrogens is 1. The van der Waals surface area contributed by atoms with E-state index in [1.165, 1.54) is 30.8 Å². The van der Waals surface area contributed by atoms with Crippen molar-refractivity contribution in [2.75, 3.05) is 13.2 Å². The third-order valence-electron chi connectivity index (χ3n) is 2.13. The molecule has 0 spiro atoms. The highest BCUT2D eigenvalue weighted by Gasteiger charge is 2.16. The van der Waals surface area contributed by atoms with Crippen molar-refractivity contribution in [2.45, 2.75) is 6.92 Å². The maximum atomic E-state index is 11.7. The van der Waals surface area contributed by atoms with E-state index in [2.05, 4.69) is 10.1 Å². The quantitative estimate of drug-likeness (QED) is 0.351. The number of hydrogen-bond acceptors (Lipinski definition) is 5. The van der Waals surface area contributed by atoms with Crippen LogP contribution in [-0.2, 0) is 16.6 Å². The molecular formula is C10H13N3O5. The van der Waals surface area contributed by atoms with Crippen molar-refractivity contribution >= 4 is 17.6 Å². The van der Waals surface area contributed by atoms with Crippen LogP contribution >= 0.6 is 0 Å². The van der Waals surface area contributed by atoms with Gasteiger partial charge >= 0.3 is 5.97 Å². The average molecular weight is 255 g/mol. The molecule has 0 bridgehead atoms. The molecule has 8 heteroatoms.